The number of benzene rings is 2. The first-order valence-electron chi connectivity index (χ1n) is 10.0. The van der Waals surface area contributed by atoms with Crippen LogP contribution in [0.1, 0.15) is 49.5 Å². The third-order valence-corrected chi connectivity index (χ3v) is 4.43. The summed E-state index contributed by atoms with van der Waals surface area (Å²) in [7, 11) is 0. The first-order chi connectivity index (χ1) is 14.4. The van der Waals surface area contributed by atoms with Crippen LogP contribution in [0.5, 0.6) is 5.75 Å². The monoisotopic (exact) mass is 429 g/mol. The first kappa shape index (κ1) is 23.4. The zero-order valence-electron chi connectivity index (χ0n) is 17.5. The SMILES string of the molecule is CCCOc1ccc(C=NNC(=O)C(CC(C)C)NC(=O)c2ccc(Cl)cc2)cc1. The Hall–Kier alpha value is -2.86. The van der Waals surface area contributed by atoms with E-state index in [4.69, 9.17) is 16.3 Å². The van der Waals surface area contributed by atoms with Gasteiger partial charge in [0, 0.05) is 10.6 Å². The molecule has 2 amide bonds. The van der Waals surface area contributed by atoms with Gasteiger partial charge in [0.15, 0.2) is 0 Å². The summed E-state index contributed by atoms with van der Waals surface area (Å²) in [6.07, 6.45) is 2.99. The number of hydrogen-bond acceptors (Lipinski definition) is 4. The Morgan fingerprint density at radius 2 is 1.77 bits per heavy atom. The highest BCUT2D eigenvalue weighted by atomic mass is 35.5. The number of nitrogens with zero attached hydrogens (tertiary/aromatic N) is 1. The molecule has 2 aromatic rings. The molecule has 2 N–H and O–H groups in total. The average Bonchev–Trinajstić information content (AvgIpc) is 2.72. The third-order valence-electron chi connectivity index (χ3n) is 4.18. The summed E-state index contributed by atoms with van der Waals surface area (Å²) < 4.78 is 5.54. The van der Waals surface area contributed by atoms with Crippen LogP contribution in [-0.2, 0) is 4.79 Å². The van der Waals surface area contributed by atoms with E-state index in [0.717, 1.165) is 17.7 Å². The predicted octanol–water partition coefficient (Wildman–Crippen LogP) is 4.42. The Balaban J connectivity index is 1.96. The molecule has 0 saturated carbocycles. The summed E-state index contributed by atoms with van der Waals surface area (Å²) in [5.41, 5.74) is 3.78. The Morgan fingerprint density at radius 1 is 1.10 bits per heavy atom. The van der Waals surface area contributed by atoms with Crippen molar-refractivity contribution in [3.63, 3.8) is 0 Å². The molecule has 7 heteroatoms. The fraction of sp³-hybridized carbons (Fsp3) is 0.348. The van der Waals surface area contributed by atoms with Crippen molar-refractivity contribution in [1.29, 1.82) is 0 Å². The van der Waals surface area contributed by atoms with Crippen LogP contribution >= 0.6 is 11.6 Å². The van der Waals surface area contributed by atoms with Crippen LogP contribution < -0.4 is 15.5 Å². The molecule has 0 radical (unpaired) electrons. The van der Waals surface area contributed by atoms with Crippen LogP contribution in [0.25, 0.3) is 0 Å². The van der Waals surface area contributed by atoms with Gasteiger partial charge in [0.1, 0.15) is 11.8 Å². The van der Waals surface area contributed by atoms with Crippen molar-refractivity contribution in [2.45, 2.75) is 39.7 Å². The molecule has 0 aliphatic carbocycles. The number of hydrazone groups is 1. The highest BCUT2D eigenvalue weighted by molar-refractivity contribution is 6.30. The highest BCUT2D eigenvalue weighted by Crippen LogP contribution is 2.12. The largest absolute Gasteiger partial charge is 0.494 e. The van der Waals surface area contributed by atoms with Gasteiger partial charge in [-0.1, -0.05) is 32.4 Å². The van der Waals surface area contributed by atoms with Crippen LogP contribution in [0.15, 0.2) is 53.6 Å². The molecule has 0 bridgehead atoms. The minimum Gasteiger partial charge on any atom is -0.494 e. The van der Waals surface area contributed by atoms with Crippen molar-refractivity contribution in [3.8, 4) is 5.75 Å². The summed E-state index contributed by atoms with van der Waals surface area (Å²) in [5.74, 6) is 0.301. The zero-order valence-corrected chi connectivity index (χ0v) is 18.3. The van der Waals surface area contributed by atoms with E-state index in [9.17, 15) is 9.59 Å². The maximum Gasteiger partial charge on any atom is 0.262 e. The van der Waals surface area contributed by atoms with Gasteiger partial charge in [-0.05, 0) is 72.9 Å². The minimum absolute atomic E-state index is 0.214. The standard InChI is InChI=1S/C23H28ClN3O3/c1-4-13-30-20-11-5-17(6-12-20)15-25-27-23(29)21(14-16(2)3)26-22(28)18-7-9-19(24)10-8-18/h5-12,15-16,21H,4,13-14H2,1-3H3,(H,26,28)(H,27,29). The fourth-order valence-corrected chi connectivity index (χ4v) is 2.79. The highest BCUT2D eigenvalue weighted by Gasteiger charge is 2.22. The molecular formula is C23H28ClN3O3. The van der Waals surface area contributed by atoms with Crippen LogP contribution in [0.2, 0.25) is 5.02 Å². The molecule has 1 unspecified atom stereocenters. The molecular weight excluding hydrogens is 402 g/mol. The van der Waals surface area contributed by atoms with Crippen LogP contribution in [0.4, 0.5) is 0 Å². The summed E-state index contributed by atoms with van der Waals surface area (Å²) in [4.78, 5) is 25.1. The second-order valence-corrected chi connectivity index (χ2v) is 7.75. The predicted molar refractivity (Wildman–Crippen MR) is 120 cm³/mol. The van der Waals surface area contributed by atoms with Gasteiger partial charge >= 0.3 is 0 Å². The van der Waals surface area contributed by atoms with Crippen LogP contribution in [0, 0.1) is 5.92 Å². The van der Waals surface area contributed by atoms with Gasteiger partial charge < -0.3 is 10.1 Å². The fourth-order valence-electron chi connectivity index (χ4n) is 2.66. The van der Waals surface area contributed by atoms with Crippen molar-refractivity contribution in [2.24, 2.45) is 11.0 Å². The molecule has 2 rings (SSSR count). The maximum atomic E-state index is 12.6. The number of hydrogen-bond donors (Lipinski definition) is 2. The van der Waals surface area contributed by atoms with E-state index in [-0.39, 0.29) is 17.7 Å². The van der Waals surface area contributed by atoms with Gasteiger partial charge in [0.05, 0.1) is 12.8 Å². The van der Waals surface area contributed by atoms with E-state index in [1.165, 1.54) is 0 Å². The van der Waals surface area contributed by atoms with Gasteiger partial charge in [0.2, 0.25) is 0 Å². The average molecular weight is 430 g/mol. The smallest absolute Gasteiger partial charge is 0.262 e. The van der Waals surface area contributed by atoms with Crippen molar-refractivity contribution in [1.82, 2.24) is 10.7 Å². The van der Waals surface area contributed by atoms with Crippen LogP contribution in [-0.4, -0.2) is 30.7 Å². The van der Waals surface area contributed by atoms with E-state index in [1.807, 2.05) is 45.0 Å². The van der Waals surface area contributed by atoms with Crippen LogP contribution in [0.3, 0.4) is 0 Å². The topological polar surface area (TPSA) is 79.8 Å². The third kappa shape index (κ3) is 7.87. The normalized spacial score (nSPS) is 12.0. The van der Waals surface area contributed by atoms with Gasteiger partial charge in [-0.3, -0.25) is 9.59 Å². The molecule has 0 spiro atoms. The van der Waals surface area contributed by atoms with E-state index in [2.05, 4.69) is 15.8 Å². The van der Waals surface area contributed by atoms with Gasteiger partial charge in [-0.25, -0.2) is 5.43 Å². The number of rotatable bonds is 10. The molecule has 0 aromatic heterocycles. The Morgan fingerprint density at radius 3 is 2.37 bits per heavy atom. The molecule has 0 saturated heterocycles. The van der Waals surface area contributed by atoms with E-state index < -0.39 is 6.04 Å². The van der Waals surface area contributed by atoms with Gasteiger partial charge in [-0.15, -0.1) is 0 Å². The van der Waals surface area contributed by atoms with Gasteiger partial charge in [0.25, 0.3) is 11.8 Å². The molecule has 6 nitrogen and oxygen atoms in total. The molecule has 0 heterocycles. The Bertz CT molecular complexity index is 849. The van der Waals surface area contributed by atoms with Crippen molar-refractivity contribution < 1.29 is 14.3 Å². The molecule has 0 aliphatic heterocycles. The quantitative estimate of drug-likeness (QED) is 0.433. The van der Waals surface area contributed by atoms with E-state index in [0.29, 0.717) is 23.6 Å². The molecule has 1 atom stereocenters. The number of ether oxygens (including phenoxy) is 1. The Labute approximate surface area is 182 Å². The first-order valence-corrected chi connectivity index (χ1v) is 10.4. The number of carbonyl (C=O) groups excluding carboxylic acids is 2. The maximum absolute atomic E-state index is 12.6. The van der Waals surface area contributed by atoms with Gasteiger partial charge in [-0.2, -0.15) is 5.10 Å². The lowest BCUT2D eigenvalue weighted by atomic mass is 10.0. The molecule has 160 valence electrons. The van der Waals surface area contributed by atoms with Crippen molar-refractivity contribution in [2.75, 3.05) is 6.61 Å². The van der Waals surface area contributed by atoms with E-state index in [1.54, 1.807) is 30.5 Å². The Kier molecular flexibility index (Phi) is 9.35. The molecule has 0 aliphatic rings. The molecule has 30 heavy (non-hydrogen) atoms. The number of carbonyl (C=O) groups is 2. The van der Waals surface area contributed by atoms with Crippen molar-refractivity contribution >= 4 is 29.6 Å². The van der Waals surface area contributed by atoms with E-state index >= 15 is 0 Å². The summed E-state index contributed by atoms with van der Waals surface area (Å²) in [5, 5.41) is 7.34. The summed E-state index contributed by atoms with van der Waals surface area (Å²) >= 11 is 5.86. The number of nitrogens with one attached hydrogen (secondary N) is 2. The van der Waals surface area contributed by atoms with Crippen molar-refractivity contribution in [3.05, 3.63) is 64.7 Å². The lowest BCUT2D eigenvalue weighted by Gasteiger charge is -2.19. The second kappa shape index (κ2) is 12.0. The summed E-state index contributed by atoms with van der Waals surface area (Å²) in [6, 6.07) is 13.2. The number of halogens is 1. The lowest BCUT2D eigenvalue weighted by Crippen LogP contribution is -2.46. The second-order valence-electron chi connectivity index (χ2n) is 7.31. The molecule has 0 fully saturated rings. The minimum atomic E-state index is -0.699. The molecule has 2 aromatic carbocycles. The number of amides is 2. The zero-order chi connectivity index (χ0) is 21.9. The summed E-state index contributed by atoms with van der Waals surface area (Å²) in [6.45, 7) is 6.69. The lowest BCUT2D eigenvalue weighted by molar-refractivity contribution is -0.123.